The number of rotatable bonds is 6. The summed E-state index contributed by atoms with van der Waals surface area (Å²) in [6, 6.07) is 0.730. The summed E-state index contributed by atoms with van der Waals surface area (Å²) in [6.45, 7) is 11.6. The van der Waals surface area contributed by atoms with Crippen LogP contribution in [0.3, 0.4) is 0 Å². The zero-order valence-electron chi connectivity index (χ0n) is 14.7. The third kappa shape index (κ3) is 4.67. The molecule has 0 radical (unpaired) electrons. The number of hydrogen-bond donors (Lipinski definition) is 1. The maximum atomic E-state index is 5.76. The Morgan fingerprint density at radius 1 is 1.29 bits per heavy atom. The third-order valence-electron chi connectivity index (χ3n) is 5.86. The molecule has 0 bridgehead atoms. The Balaban J connectivity index is 1.93. The van der Waals surface area contributed by atoms with Gasteiger partial charge in [-0.3, -0.25) is 0 Å². The lowest BCUT2D eigenvalue weighted by Crippen LogP contribution is -2.52. The maximum Gasteiger partial charge on any atom is 0.0777 e. The number of methoxy groups -OCH3 is 1. The van der Waals surface area contributed by atoms with Crippen LogP contribution in [0.4, 0.5) is 0 Å². The minimum atomic E-state index is 0.0742. The quantitative estimate of drug-likeness (QED) is 0.814. The number of ether oxygens (including phenoxy) is 1. The molecule has 1 N–H and O–H groups in total. The standard InChI is InChI=1S/C18H36N2O/c1-5-15-8-9-17(19-6-2)16(12-15)13-20-11-7-10-18(3,14-20)21-4/h15-17,19H,5-14H2,1-4H3. The number of nitrogens with zero attached hydrogens (tertiary/aromatic N) is 1. The Hall–Kier alpha value is -0.120. The van der Waals surface area contributed by atoms with E-state index in [1.54, 1.807) is 0 Å². The Bertz CT molecular complexity index is 310. The number of piperidine rings is 1. The lowest BCUT2D eigenvalue weighted by atomic mass is 9.76. The molecular formula is C18H36N2O. The molecule has 0 aromatic carbocycles. The van der Waals surface area contributed by atoms with Crippen LogP contribution in [0.15, 0.2) is 0 Å². The van der Waals surface area contributed by atoms with E-state index in [0.29, 0.717) is 0 Å². The van der Waals surface area contributed by atoms with Crippen LogP contribution >= 0.6 is 0 Å². The molecule has 0 spiro atoms. The van der Waals surface area contributed by atoms with E-state index in [4.69, 9.17) is 4.74 Å². The van der Waals surface area contributed by atoms with E-state index in [1.165, 1.54) is 51.6 Å². The minimum absolute atomic E-state index is 0.0742. The Morgan fingerprint density at radius 2 is 2.10 bits per heavy atom. The predicted octanol–water partition coefficient (Wildman–Crippen LogP) is 3.29. The first-order valence-electron chi connectivity index (χ1n) is 9.11. The van der Waals surface area contributed by atoms with Gasteiger partial charge in [-0.2, -0.15) is 0 Å². The molecule has 1 heterocycles. The maximum absolute atomic E-state index is 5.76. The van der Waals surface area contributed by atoms with E-state index in [9.17, 15) is 0 Å². The van der Waals surface area contributed by atoms with Gasteiger partial charge in [0, 0.05) is 26.2 Å². The molecule has 4 unspecified atom stereocenters. The third-order valence-corrected chi connectivity index (χ3v) is 5.86. The molecule has 0 aromatic rings. The number of nitrogens with one attached hydrogen (secondary N) is 1. The molecule has 1 saturated carbocycles. The summed E-state index contributed by atoms with van der Waals surface area (Å²) in [7, 11) is 1.87. The van der Waals surface area contributed by atoms with Crippen molar-refractivity contribution < 1.29 is 4.74 Å². The molecule has 1 aliphatic heterocycles. The fourth-order valence-electron chi connectivity index (χ4n) is 4.43. The van der Waals surface area contributed by atoms with Gasteiger partial charge in [-0.1, -0.05) is 20.3 Å². The Labute approximate surface area is 131 Å². The highest BCUT2D eigenvalue weighted by molar-refractivity contribution is 4.90. The summed E-state index contributed by atoms with van der Waals surface area (Å²) in [4.78, 5) is 2.67. The Kier molecular flexibility index (Phi) is 6.51. The minimum Gasteiger partial charge on any atom is -0.377 e. The zero-order chi connectivity index (χ0) is 15.3. The van der Waals surface area contributed by atoms with Gasteiger partial charge < -0.3 is 15.0 Å². The van der Waals surface area contributed by atoms with Crippen molar-refractivity contribution in [2.24, 2.45) is 11.8 Å². The Morgan fingerprint density at radius 3 is 2.76 bits per heavy atom. The van der Waals surface area contributed by atoms with Crippen molar-refractivity contribution in [3.8, 4) is 0 Å². The number of likely N-dealkylation sites (tertiary alicyclic amines) is 1. The van der Waals surface area contributed by atoms with E-state index in [2.05, 4.69) is 31.0 Å². The van der Waals surface area contributed by atoms with Crippen LogP contribution in [-0.2, 0) is 4.74 Å². The molecule has 2 aliphatic rings. The van der Waals surface area contributed by atoms with Crippen LogP contribution < -0.4 is 5.32 Å². The van der Waals surface area contributed by atoms with Crippen molar-refractivity contribution >= 4 is 0 Å². The summed E-state index contributed by atoms with van der Waals surface area (Å²) in [5.74, 6) is 1.77. The molecular weight excluding hydrogens is 260 g/mol. The highest BCUT2D eigenvalue weighted by atomic mass is 16.5. The molecule has 4 atom stereocenters. The van der Waals surface area contributed by atoms with E-state index < -0.39 is 0 Å². The van der Waals surface area contributed by atoms with Crippen LogP contribution in [0.2, 0.25) is 0 Å². The molecule has 1 saturated heterocycles. The molecule has 21 heavy (non-hydrogen) atoms. The van der Waals surface area contributed by atoms with E-state index >= 15 is 0 Å². The monoisotopic (exact) mass is 296 g/mol. The molecule has 0 aromatic heterocycles. The fraction of sp³-hybridized carbons (Fsp3) is 1.00. The molecule has 2 fully saturated rings. The second-order valence-corrected chi connectivity index (χ2v) is 7.50. The smallest absolute Gasteiger partial charge is 0.0777 e. The van der Waals surface area contributed by atoms with Gasteiger partial charge in [0.25, 0.3) is 0 Å². The lowest BCUT2D eigenvalue weighted by Gasteiger charge is -2.44. The molecule has 3 heteroatoms. The summed E-state index contributed by atoms with van der Waals surface area (Å²) in [5, 5.41) is 3.75. The highest BCUT2D eigenvalue weighted by Crippen LogP contribution is 2.33. The van der Waals surface area contributed by atoms with Gasteiger partial charge in [-0.15, -0.1) is 0 Å². The van der Waals surface area contributed by atoms with Gasteiger partial charge in [-0.05, 0) is 64.0 Å². The number of hydrogen-bond acceptors (Lipinski definition) is 3. The van der Waals surface area contributed by atoms with Crippen LogP contribution in [0.1, 0.15) is 59.3 Å². The second kappa shape index (κ2) is 7.94. The van der Waals surface area contributed by atoms with Crippen LogP contribution in [-0.4, -0.2) is 49.8 Å². The van der Waals surface area contributed by atoms with Crippen molar-refractivity contribution in [1.29, 1.82) is 0 Å². The van der Waals surface area contributed by atoms with Gasteiger partial charge in [0.15, 0.2) is 0 Å². The van der Waals surface area contributed by atoms with Gasteiger partial charge in [0.1, 0.15) is 0 Å². The van der Waals surface area contributed by atoms with Gasteiger partial charge in [0.05, 0.1) is 5.60 Å². The van der Waals surface area contributed by atoms with Crippen LogP contribution in [0.25, 0.3) is 0 Å². The van der Waals surface area contributed by atoms with Crippen molar-refractivity contribution in [3.63, 3.8) is 0 Å². The zero-order valence-corrected chi connectivity index (χ0v) is 14.7. The second-order valence-electron chi connectivity index (χ2n) is 7.50. The predicted molar refractivity (Wildman–Crippen MR) is 89.7 cm³/mol. The summed E-state index contributed by atoms with van der Waals surface area (Å²) in [6.07, 6.45) is 8.03. The molecule has 0 amide bonds. The summed E-state index contributed by atoms with van der Waals surface area (Å²) in [5.41, 5.74) is 0.0742. The van der Waals surface area contributed by atoms with Crippen molar-refractivity contribution in [3.05, 3.63) is 0 Å². The first-order valence-corrected chi connectivity index (χ1v) is 9.11. The van der Waals surface area contributed by atoms with E-state index in [-0.39, 0.29) is 5.60 Å². The van der Waals surface area contributed by atoms with Crippen molar-refractivity contribution in [1.82, 2.24) is 10.2 Å². The van der Waals surface area contributed by atoms with Gasteiger partial charge in [0.2, 0.25) is 0 Å². The first-order chi connectivity index (χ1) is 10.1. The largest absolute Gasteiger partial charge is 0.377 e. The van der Waals surface area contributed by atoms with Crippen LogP contribution in [0, 0.1) is 11.8 Å². The lowest BCUT2D eigenvalue weighted by molar-refractivity contribution is -0.0564. The van der Waals surface area contributed by atoms with Crippen molar-refractivity contribution in [2.75, 3.05) is 33.3 Å². The van der Waals surface area contributed by atoms with Gasteiger partial charge >= 0.3 is 0 Å². The average molecular weight is 296 g/mol. The van der Waals surface area contributed by atoms with E-state index in [1.807, 2.05) is 7.11 Å². The van der Waals surface area contributed by atoms with Gasteiger partial charge in [-0.25, -0.2) is 0 Å². The molecule has 1 aliphatic carbocycles. The topological polar surface area (TPSA) is 24.5 Å². The first kappa shape index (κ1) is 17.2. The summed E-state index contributed by atoms with van der Waals surface area (Å²) >= 11 is 0. The molecule has 3 nitrogen and oxygen atoms in total. The van der Waals surface area contributed by atoms with Crippen molar-refractivity contribution in [2.45, 2.75) is 70.9 Å². The normalized spacial score (nSPS) is 38.6. The molecule has 2 rings (SSSR count). The SMILES string of the molecule is CCNC1CCC(CC)CC1CN1CCCC(C)(OC)C1. The van der Waals surface area contributed by atoms with Crippen LogP contribution in [0.5, 0.6) is 0 Å². The fourth-order valence-corrected chi connectivity index (χ4v) is 4.43. The molecule has 124 valence electrons. The average Bonchev–Trinajstić information content (AvgIpc) is 2.49. The summed E-state index contributed by atoms with van der Waals surface area (Å²) < 4.78 is 5.76. The van der Waals surface area contributed by atoms with E-state index in [0.717, 1.165) is 31.0 Å². The highest BCUT2D eigenvalue weighted by Gasteiger charge is 2.35.